The van der Waals surface area contributed by atoms with Crippen LogP contribution in [0.5, 0.6) is 5.75 Å². The Bertz CT molecular complexity index is 1750. The van der Waals surface area contributed by atoms with Crippen molar-refractivity contribution in [3.05, 3.63) is 42.1 Å². The Morgan fingerprint density at radius 3 is 2.63 bits per heavy atom. The summed E-state index contributed by atoms with van der Waals surface area (Å²) in [6.07, 6.45) is 8.07. The molecule has 2 aromatic heterocycles. The highest BCUT2D eigenvalue weighted by Gasteiger charge is 2.63. The number of carbonyl (C=O) groups excluding carboxylic acids is 3. The molecule has 0 aromatic carbocycles. The molecule has 2 saturated carbocycles. The Hall–Kier alpha value is -4.05. The largest absolute Gasteiger partial charge is 0.488 e. The molecule has 0 radical (unpaired) electrons. The van der Waals surface area contributed by atoms with Crippen LogP contribution in [-0.4, -0.2) is 87.2 Å². The maximum atomic E-state index is 14.3. The van der Waals surface area contributed by atoms with Gasteiger partial charge in [-0.3, -0.25) is 24.1 Å². The Labute approximate surface area is 289 Å². The van der Waals surface area contributed by atoms with Crippen molar-refractivity contribution in [3.8, 4) is 16.5 Å². The number of carboxylic acid groups (broad SMARTS) is 1. The van der Waals surface area contributed by atoms with Crippen molar-refractivity contribution in [1.82, 2.24) is 30.2 Å². The van der Waals surface area contributed by atoms with Gasteiger partial charge in [-0.1, -0.05) is 26.0 Å². The molecule has 0 unspecified atom stereocenters. The van der Waals surface area contributed by atoms with E-state index >= 15 is 0 Å². The van der Waals surface area contributed by atoms with E-state index in [-0.39, 0.29) is 25.3 Å². The third-order valence-corrected chi connectivity index (χ3v) is 13.2. The fraction of sp³-hybridized carbons (Fsp3) is 0.576. The van der Waals surface area contributed by atoms with Crippen LogP contribution >= 0.6 is 11.3 Å². The zero-order valence-corrected chi connectivity index (χ0v) is 29.3. The number of fused-ring (bicyclic) bond motifs is 2. The van der Waals surface area contributed by atoms with Crippen molar-refractivity contribution < 1.29 is 37.4 Å². The summed E-state index contributed by atoms with van der Waals surface area (Å²) in [4.78, 5) is 64.1. The second kappa shape index (κ2) is 13.3. The van der Waals surface area contributed by atoms with E-state index in [1.54, 1.807) is 31.5 Å². The molecule has 2 aromatic rings. The molecule has 2 aliphatic carbocycles. The lowest BCUT2D eigenvalue weighted by molar-refractivity contribution is -0.142. The maximum Gasteiger partial charge on any atom is 0.405 e. The topological polar surface area (TPSA) is 197 Å². The Morgan fingerprint density at radius 2 is 1.94 bits per heavy atom. The Kier molecular flexibility index (Phi) is 9.48. The van der Waals surface area contributed by atoms with E-state index in [4.69, 9.17) is 4.74 Å². The molecule has 49 heavy (non-hydrogen) atoms. The first-order valence-electron chi connectivity index (χ1n) is 16.6. The molecule has 1 saturated heterocycles. The summed E-state index contributed by atoms with van der Waals surface area (Å²) in [5.41, 5.74) is -0.927. The second-order valence-electron chi connectivity index (χ2n) is 14.1. The van der Waals surface area contributed by atoms with Crippen LogP contribution in [0.25, 0.3) is 10.7 Å². The molecule has 3 fully saturated rings. The Balaban J connectivity index is 1.31. The lowest BCUT2D eigenvalue weighted by atomic mass is 9.88. The summed E-state index contributed by atoms with van der Waals surface area (Å²) in [7, 11) is -3.98. The molecule has 7 atom stereocenters. The van der Waals surface area contributed by atoms with Crippen molar-refractivity contribution in [2.24, 2.45) is 17.8 Å². The number of hydrogen-bond acceptors (Lipinski definition) is 10. The first-order chi connectivity index (χ1) is 23.2. The van der Waals surface area contributed by atoms with Gasteiger partial charge in [-0.25, -0.2) is 18.2 Å². The van der Waals surface area contributed by atoms with Gasteiger partial charge in [0, 0.05) is 36.2 Å². The van der Waals surface area contributed by atoms with Gasteiger partial charge in [-0.2, -0.15) is 0 Å². The first-order valence-corrected chi connectivity index (χ1v) is 19.0. The van der Waals surface area contributed by atoms with Crippen molar-refractivity contribution in [2.45, 2.75) is 94.2 Å². The molecular weight excluding hydrogens is 673 g/mol. The number of allylic oxidation sites excluding steroid dienone is 1. The van der Waals surface area contributed by atoms with E-state index in [9.17, 15) is 32.7 Å². The monoisotopic (exact) mass is 714 g/mol. The number of nitrogens with one attached hydrogen (secondary N) is 3. The zero-order valence-electron chi connectivity index (χ0n) is 27.6. The Morgan fingerprint density at radius 1 is 1.16 bits per heavy atom. The minimum atomic E-state index is -3.98. The van der Waals surface area contributed by atoms with E-state index in [0.717, 1.165) is 6.42 Å². The summed E-state index contributed by atoms with van der Waals surface area (Å²) in [5.74, 6) is -2.29. The molecule has 0 spiro atoms. The number of sulfonamides is 1. The van der Waals surface area contributed by atoms with Crippen molar-refractivity contribution in [3.63, 3.8) is 0 Å². The summed E-state index contributed by atoms with van der Waals surface area (Å²) in [5, 5.41) is 17.5. The summed E-state index contributed by atoms with van der Waals surface area (Å²) in [6, 6.07) is 1.12. The number of thiazole rings is 1. The number of hydrogen-bond donors (Lipinski definition) is 4. The average molecular weight is 715 g/mol. The van der Waals surface area contributed by atoms with Crippen LogP contribution in [0.2, 0.25) is 0 Å². The van der Waals surface area contributed by atoms with Gasteiger partial charge in [0.15, 0.2) is 0 Å². The number of aromatic nitrogens is 2. The van der Waals surface area contributed by atoms with Gasteiger partial charge in [0.2, 0.25) is 21.8 Å². The smallest absolute Gasteiger partial charge is 0.405 e. The van der Waals surface area contributed by atoms with Crippen molar-refractivity contribution >= 4 is 45.2 Å². The highest BCUT2D eigenvalue weighted by Crippen LogP contribution is 2.47. The second-order valence-corrected chi connectivity index (χ2v) is 17.2. The number of ether oxygens (including phenoxy) is 1. The van der Waals surface area contributed by atoms with Crippen LogP contribution in [0.15, 0.2) is 42.1 Å². The predicted molar refractivity (Wildman–Crippen MR) is 180 cm³/mol. The first kappa shape index (κ1) is 34.8. The molecule has 4 heterocycles. The predicted octanol–water partition coefficient (Wildman–Crippen LogP) is 3.08. The number of pyridine rings is 1. The summed E-state index contributed by atoms with van der Waals surface area (Å²) in [6.45, 7) is 5.40. The molecule has 4 N–H and O–H groups in total. The lowest BCUT2D eigenvalue weighted by Crippen LogP contribution is -2.59. The number of amides is 4. The molecule has 16 heteroatoms. The minimum absolute atomic E-state index is 0.0266. The van der Waals surface area contributed by atoms with E-state index in [1.807, 2.05) is 31.4 Å². The third-order valence-electron chi connectivity index (χ3n) is 10.2. The van der Waals surface area contributed by atoms with Gasteiger partial charge in [0.25, 0.3) is 5.91 Å². The van der Waals surface area contributed by atoms with E-state index < -0.39 is 74.1 Å². The molecule has 4 aliphatic rings. The fourth-order valence-corrected chi connectivity index (χ4v) is 8.79. The van der Waals surface area contributed by atoms with Gasteiger partial charge < -0.3 is 25.4 Å². The number of carbonyl (C=O) groups is 4. The molecule has 0 bridgehead atoms. The minimum Gasteiger partial charge on any atom is -0.488 e. The van der Waals surface area contributed by atoms with Crippen molar-refractivity contribution in [1.29, 1.82) is 0 Å². The highest BCUT2D eigenvalue weighted by molar-refractivity contribution is 7.91. The fourth-order valence-electron chi connectivity index (χ4n) is 6.87. The lowest BCUT2D eigenvalue weighted by Gasteiger charge is -2.32. The molecule has 14 nitrogen and oxygen atoms in total. The molecule has 264 valence electrons. The number of nitrogens with zero attached hydrogens (tertiary/aromatic N) is 3. The summed E-state index contributed by atoms with van der Waals surface area (Å²) >= 11 is 1.41. The molecule has 4 amide bonds. The van der Waals surface area contributed by atoms with Crippen LogP contribution in [0.3, 0.4) is 0 Å². The number of rotatable bonds is 7. The normalized spacial score (nSPS) is 31.3. The average Bonchev–Trinajstić information content (AvgIpc) is 3.79. The summed E-state index contributed by atoms with van der Waals surface area (Å²) < 4.78 is 33.6. The van der Waals surface area contributed by atoms with Gasteiger partial charge in [-0.15, -0.1) is 11.3 Å². The van der Waals surface area contributed by atoms with E-state index in [1.165, 1.54) is 16.2 Å². The zero-order chi connectivity index (χ0) is 35.1. The van der Waals surface area contributed by atoms with Gasteiger partial charge >= 0.3 is 6.09 Å². The molecule has 2 aliphatic heterocycles. The van der Waals surface area contributed by atoms with Crippen molar-refractivity contribution in [2.75, 3.05) is 6.54 Å². The maximum absolute atomic E-state index is 14.3. The van der Waals surface area contributed by atoms with Crippen LogP contribution < -0.4 is 20.1 Å². The van der Waals surface area contributed by atoms with Gasteiger partial charge in [0.1, 0.15) is 40.2 Å². The van der Waals surface area contributed by atoms with Gasteiger partial charge in [0.05, 0.1) is 11.3 Å². The van der Waals surface area contributed by atoms with Crippen LogP contribution in [0.4, 0.5) is 4.79 Å². The van der Waals surface area contributed by atoms with E-state index in [0.29, 0.717) is 42.1 Å². The third kappa shape index (κ3) is 7.30. The van der Waals surface area contributed by atoms with Crippen LogP contribution in [0.1, 0.15) is 65.7 Å². The van der Waals surface area contributed by atoms with Crippen LogP contribution in [0, 0.1) is 17.8 Å². The van der Waals surface area contributed by atoms with E-state index in [2.05, 4.69) is 25.3 Å². The molecular formula is C33H42N6O8S2. The standard InChI is InChI=1S/C33H42N6O8S2/c1-19-6-4-5-7-21-17-33(21,30(42)38-49(45,46)32(3)9-10-32)37-27(40)25-16-23(18-39(25)29(41)26(20(2)14-19)36-31(43)44)47-22-8-11-34-24(15-22)28-35-12-13-48-28/h5,7-8,11-13,15,19-21,23,25-26,36H,4,6,9-10,14,16-18H2,1-3H3,(H,37,40)(H,38,42)(H,43,44)/t19-,20-,21-,23-,25+,26+,33-/m1/s1. The quantitative estimate of drug-likeness (QED) is 0.310. The molecule has 6 rings (SSSR count). The SMILES string of the molecule is C[C@@H]1CCC=C[C@@H]2C[C@@]2(C(=O)NS(=O)(=O)C2(C)CC2)NC(=O)[C@@H]2C[C@@H](Oc3ccnc(-c4nccs4)c3)CN2C(=O)[C@@H](NC(=O)O)[C@H](C)C1. The highest BCUT2D eigenvalue weighted by atomic mass is 32.2. The van der Waals surface area contributed by atoms with Crippen LogP contribution in [-0.2, 0) is 24.4 Å². The van der Waals surface area contributed by atoms with Gasteiger partial charge in [-0.05, 0) is 63.4 Å².